The second-order valence-electron chi connectivity index (χ2n) is 9.47. The number of rotatable bonds is 4. The maximum absolute atomic E-state index is 6.49. The zero-order chi connectivity index (χ0) is 26.2. The molecule has 0 spiro atoms. The molecule has 39 heavy (non-hydrogen) atoms. The van der Waals surface area contributed by atoms with Gasteiger partial charge in [-0.1, -0.05) is 115 Å². The van der Waals surface area contributed by atoms with Crippen LogP contribution in [0.4, 0.5) is 0 Å². The molecule has 0 aliphatic heterocycles. The van der Waals surface area contributed by atoms with Crippen LogP contribution in [0.25, 0.3) is 66.6 Å². The lowest BCUT2D eigenvalue weighted by Gasteiger charge is -2.12. The van der Waals surface area contributed by atoms with Gasteiger partial charge in [-0.05, 0) is 73.6 Å². The normalized spacial score (nSPS) is 11.2. The number of nitrogens with zero attached hydrogens (tertiary/aromatic N) is 3. The van der Waals surface area contributed by atoms with Crippen molar-refractivity contribution >= 4 is 33.1 Å². The van der Waals surface area contributed by atoms with Gasteiger partial charge in [0, 0.05) is 11.1 Å². The summed E-state index contributed by atoms with van der Waals surface area (Å²) in [6, 6.07) is 46.1. The molecule has 7 aromatic rings. The predicted molar refractivity (Wildman–Crippen MR) is 162 cm³/mol. The van der Waals surface area contributed by atoms with E-state index in [4.69, 9.17) is 16.6 Å². The van der Waals surface area contributed by atoms with Gasteiger partial charge in [0.1, 0.15) is 0 Å². The first-order valence-electron chi connectivity index (χ1n) is 12.8. The monoisotopic (exact) mass is 519 g/mol. The molecule has 0 radical (unpaired) electrons. The van der Waals surface area contributed by atoms with Crippen molar-refractivity contribution in [1.82, 2.24) is 15.0 Å². The molecule has 6 aromatic carbocycles. The lowest BCUT2D eigenvalue weighted by atomic mass is 9.95. The summed E-state index contributed by atoms with van der Waals surface area (Å²) in [6.07, 6.45) is 0. The molecule has 184 valence electrons. The Morgan fingerprint density at radius 1 is 0.385 bits per heavy atom. The smallest absolute Gasteiger partial charge is 0.208 e. The summed E-state index contributed by atoms with van der Waals surface area (Å²) in [5, 5.41) is 4.80. The van der Waals surface area contributed by atoms with Gasteiger partial charge >= 0.3 is 0 Å². The molecule has 1 heterocycles. The third kappa shape index (κ3) is 4.43. The fourth-order valence-electron chi connectivity index (χ4n) is 5.17. The highest BCUT2D eigenvalue weighted by atomic mass is 35.5. The summed E-state index contributed by atoms with van der Waals surface area (Å²) in [5.74, 6) is 1.10. The van der Waals surface area contributed by atoms with E-state index in [1.807, 2.05) is 24.3 Å². The molecule has 4 heteroatoms. The minimum atomic E-state index is 0.169. The van der Waals surface area contributed by atoms with Crippen molar-refractivity contribution in [3.8, 4) is 45.0 Å². The number of fused-ring (bicyclic) bond motifs is 2. The van der Waals surface area contributed by atoms with E-state index >= 15 is 0 Å². The highest BCUT2D eigenvalue weighted by molar-refractivity contribution is 6.28. The zero-order valence-corrected chi connectivity index (χ0v) is 21.7. The second-order valence-corrected chi connectivity index (χ2v) is 9.80. The predicted octanol–water partition coefficient (Wildman–Crippen LogP) is 9.50. The Bertz CT molecular complexity index is 1980. The molecule has 0 aliphatic carbocycles. The van der Waals surface area contributed by atoms with Gasteiger partial charge in [-0.25, -0.2) is 4.98 Å². The maximum atomic E-state index is 6.49. The van der Waals surface area contributed by atoms with Crippen LogP contribution in [0.1, 0.15) is 0 Å². The lowest BCUT2D eigenvalue weighted by molar-refractivity contribution is 1.07. The van der Waals surface area contributed by atoms with Crippen molar-refractivity contribution in [2.24, 2.45) is 0 Å². The third-order valence-electron chi connectivity index (χ3n) is 7.06. The van der Waals surface area contributed by atoms with Gasteiger partial charge in [-0.2, -0.15) is 9.97 Å². The van der Waals surface area contributed by atoms with Crippen molar-refractivity contribution in [2.45, 2.75) is 0 Å². The molecular formula is C35H22ClN3. The molecule has 1 aromatic heterocycles. The summed E-state index contributed by atoms with van der Waals surface area (Å²) >= 11 is 6.49. The Labute approximate surface area is 231 Å². The van der Waals surface area contributed by atoms with Crippen molar-refractivity contribution in [2.75, 3.05) is 0 Å². The summed E-state index contributed by atoms with van der Waals surface area (Å²) in [7, 11) is 0. The van der Waals surface area contributed by atoms with Crippen molar-refractivity contribution in [1.29, 1.82) is 0 Å². The second kappa shape index (κ2) is 9.79. The zero-order valence-electron chi connectivity index (χ0n) is 20.9. The largest absolute Gasteiger partial charge is 0.226 e. The lowest BCUT2D eigenvalue weighted by Crippen LogP contribution is -1.98. The van der Waals surface area contributed by atoms with E-state index in [1.54, 1.807) is 0 Å². The van der Waals surface area contributed by atoms with Crippen molar-refractivity contribution in [3.63, 3.8) is 0 Å². The average molecular weight is 520 g/mol. The fourth-order valence-corrected chi connectivity index (χ4v) is 5.33. The average Bonchev–Trinajstić information content (AvgIpc) is 3.00. The third-order valence-corrected chi connectivity index (χ3v) is 7.23. The molecule has 0 saturated heterocycles. The van der Waals surface area contributed by atoms with Crippen molar-refractivity contribution < 1.29 is 0 Å². The van der Waals surface area contributed by atoms with E-state index in [9.17, 15) is 0 Å². The SMILES string of the molecule is Clc1nc(-c2cccc(-c3ccc4ccccc4c3)c2)nc(-c2ccc(-c3ccccc3)c3ccccc23)n1. The number of hydrogen-bond donors (Lipinski definition) is 0. The Morgan fingerprint density at radius 2 is 1.00 bits per heavy atom. The van der Waals surface area contributed by atoms with Crippen LogP contribution in [0, 0.1) is 0 Å². The van der Waals surface area contributed by atoms with Gasteiger partial charge in [0.2, 0.25) is 5.28 Å². The number of hydrogen-bond acceptors (Lipinski definition) is 3. The first-order chi connectivity index (χ1) is 19.2. The van der Waals surface area contributed by atoms with Crippen LogP contribution in [0.15, 0.2) is 133 Å². The van der Waals surface area contributed by atoms with Crippen LogP contribution in [0.3, 0.4) is 0 Å². The first kappa shape index (κ1) is 23.3. The molecule has 0 aliphatic rings. The van der Waals surface area contributed by atoms with E-state index in [1.165, 1.54) is 21.9 Å². The standard InChI is InChI=1S/C35H22ClN3/c36-35-38-33(28-14-8-13-26(22-28)27-18-17-23-9-4-5-12-25(23)21-27)37-34(39-35)32-20-19-29(24-10-2-1-3-11-24)30-15-6-7-16-31(30)32/h1-22H. The molecule has 0 fully saturated rings. The molecule has 0 saturated carbocycles. The minimum Gasteiger partial charge on any atom is -0.208 e. The Balaban J connectivity index is 1.33. The number of aromatic nitrogens is 3. The van der Waals surface area contributed by atoms with E-state index in [0.29, 0.717) is 11.6 Å². The molecule has 7 rings (SSSR count). The van der Waals surface area contributed by atoms with Gasteiger partial charge in [0.15, 0.2) is 11.6 Å². The maximum Gasteiger partial charge on any atom is 0.226 e. The number of halogens is 1. The molecule has 0 amide bonds. The van der Waals surface area contributed by atoms with Crippen LogP contribution < -0.4 is 0 Å². The molecule has 0 atom stereocenters. The van der Waals surface area contributed by atoms with Crippen LogP contribution in [-0.2, 0) is 0 Å². The summed E-state index contributed by atoms with van der Waals surface area (Å²) in [6.45, 7) is 0. The quantitative estimate of drug-likeness (QED) is 0.232. The van der Waals surface area contributed by atoms with Crippen LogP contribution in [0.5, 0.6) is 0 Å². The van der Waals surface area contributed by atoms with Crippen molar-refractivity contribution in [3.05, 3.63) is 139 Å². The summed E-state index contributed by atoms with van der Waals surface area (Å²) in [4.78, 5) is 13.9. The van der Waals surface area contributed by atoms with Crippen LogP contribution >= 0.6 is 11.6 Å². The first-order valence-corrected chi connectivity index (χ1v) is 13.2. The summed E-state index contributed by atoms with van der Waals surface area (Å²) in [5.41, 5.74) is 6.36. The van der Waals surface area contributed by atoms with Crippen LogP contribution in [0.2, 0.25) is 5.28 Å². The van der Waals surface area contributed by atoms with Gasteiger partial charge in [-0.3, -0.25) is 0 Å². The van der Waals surface area contributed by atoms with E-state index in [2.05, 4.69) is 119 Å². The van der Waals surface area contributed by atoms with Crippen LogP contribution in [-0.4, -0.2) is 15.0 Å². The van der Waals surface area contributed by atoms with Gasteiger partial charge < -0.3 is 0 Å². The highest BCUT2D eigenvalue weighted by Crippen LogP contribution is 2.35. The van der Waals surface area contributed by atoms with Gasteiger partial charge in [0.25, 0.3) is 0 Å². The fraction of sp³-hybridized carbons (Fsp3) is 0. The minimum absolute atomic E-state index is 0.169. The highest BCUT2D eigenvalue weighted by Gasteiger charge is 2.15. The Hall–Kier alpha value is -4.86. The van der Waals surface area contributed by atoms with E-state index in [0.717, 1.165) is 33.0 Å². The van der Waals surface area contributed by atoms with Gasteiger partial charge in [-0.15, -0.1) is 0 Å². The topological polar surface area (TPSA) is 38.7 Å². The molecule has 3 nitrogen and oxygen atoms in total. The Kier molecular flexibility index (Phi) is 5.84. The molecule has 0 bridgehead atoms. The Morgan fingerprint density at radius 3 is 1.85 bits per heavy atom. The molecular weight excluding hydrogens is 498 g/mol. The van der Waals surface area contributed by atoms with E-state index < -0.39 is 0 Å². The van der Waals surface area contributed by atoms with Gasteiger partial charge in [0.05, 0.1) is 0 Å². The number of benzene rings is 6. The summed E-state index contributed by atoms with van der Waals surface area (Å²) < 4.78 is 0. The molecule has 0 unspecified atom stereocenters. The molecule has 0 N–H and O–H groups in total. The van der Waals surface area contributed by atoms with E-state index in [-0.39, 0.29) is 5.28 Å².